The number of benzene rings is 3. The van der Waals surface area contributed by atoms with Crippen LogP contribution in [0.5, 0.6) is 5.75 Å². The first kappa shape index (κ1) is 36.0. The van der Waals surface area contributed by atoms with Crippen LogP contribution < -0.4 is 4.74 Å². The van der Waals surface area contributed by atoms with Gasteiger partial charge in [-0.3, -0.25) is 0 Å². The molecule has 0 N–H and O–H groups in total. The molecule has 0 spiro atoms. The minimum atomic E-state index is -1.75. The van der Waals surface area contributed by atoms with E-state index < -0.39 is 14.4 Å². The van der Waals surface area contributed by atoms with Gasteiger partial charge in [-0.2, -0.15) is 0 Å². The van der Waals surface area contributed by atoms with Crippen molar-refractivity contribution in [2.24, 2.45) is 0 Å². The Labute approximate surface area is 272 Å². The van der Waals surface area contributed by atoms with Crippen LogP contribution in [0.3, 0.4) is 0 Å². The third-order valence-electron chi connectivity index (χ3n) is 8.56. The summed E-state index contributed by atoms with van der Waals surface area (Å²) >= 11 is 0. The minimum Gasteiger partial charge on any atom is -0.490 e. The Balaban J connectivity index is 1.53. The number of hydrogen-bond acceptors (Lipinski definition) is 5. The Morgan fingerprint density at radius 2 is 1.27 bits per heavy atom. The molecular weight excluding hydrogens is 577 g/mol. The van der Waals surface area contributed by atoms with Crippen LogP contribution in [0.25, 0.3) is 22.3 Å². The molecular formula is C39H52O5Si. The van der Waals surface area contributed by atoms with Gasteiger partial charge in [0.15, 0.2) is 14.4 Å². The normalized spacial score (nSPS) is 13.4. The number of carbonyl (C=O) groups is 1. The SMILES string of the molecule is CCOC(=O)[C@H](Cc1ccc(OC/C=C(\C)c2ccc(-c3ccc(/C(C)=C/CO[Si](C)(C)C(C)(C)C)cc3)cc2)cc1)OCC. The molecule has 0 radical (unpaired) electrons. The summed E-state index contributed by atoms with van der Waals surface area (Å²) in [6, 6.07) is 25.2. The first-order valence-corrected chi connectivity index (χ1v) is 18.9. The summed E-state index contributed by atoms with van der Waals surface area (Å²) < 4.78 is 23.0. The zero-order chi connectivity index (χ0) is 33.0. The van der Waals surface area contributed by atoms with E-state index in [1.807, 2.05) is 31.2 Å². The van der Waals surface area contributed by atoms with Crippen LogP contribution in [0, 0.1) is 0 Å². The molecule has 3 aromatic carbocycles. The summed E-state index contributed by atoms with van der Waals surface area (Å²) in [5, 5.41) is 0.214. The van der Waals surface area contributed by atoms with Crippen molar-refractivity contribution in [3.63, 3.8) is 0 Å². The third kappa shape index (κ3) is 10.8. The van der Waals surface area contributed by atoms with E-state index in [4.69, 9.17) is 18.6 Å². The van der Waals surface area contributed by atoms with E-state index >= 15 is 0 Å². The Bertz CT molecular complexity index is 1410. The monoisotopic (exact) mass is 628 g/mol. The molecule has 0 amide bonds. The van der Waals surface area contributed by atoms with Gasteiger partial charge in [0, 0.05) is 13.0 Å². The molecule has 0 aliphatic carbocycles. The maximum Gasteiger partial charge on any atom is 0.335 e. The van der Waals surface area contributed by atoms with E-state index in [0.29, 0.717) is 32.8 Å². The van der Waals surface area contributed by atoms with E-state index in [9.17, 15) is 4.79 Å². The largest absolute Gasteiger partial charge is 0.490 e. The third-order valence-corrected chi connectivity index (χ3v) is 13.1. The fraction of sp³-hybridized carbons (Fsp3) is 0.410. The quantitative estimate of drug-likeness (QED) is 0.124. The first-order valence-electron chi connectivity index (χ1n) is 16.0. The molecule has 3 aromatic rings. The summed E-state index contributed by atoms with van der Waals surface area (Å²) in [6.07, 6.45) is 4.16. The highest BCUT2D eigenvalue weighted by molar-refractivity contribution is 6.74. The van der Waals surface area contributed by atoms with E-state index in [2.05, 4.69) is 108 Å². The maximum absolute atomic E-state index is 12.1. The van der Waals surface area contributed by atoms with Crippen molar-refractivity contribution < 1.29 is 23.4 Å². The second-order valence-electron chi connectivity index (χ2n) is 12.9. The molecule has 0 bridgehead atoms. The van der Waals surface area contributed by atoms with E-state index in [1.165, 1.54) is 22.3 Å². The van der Waals surface area contributed by atoms with Crippen molar-refractivity contribution in [3.8, 4) is 16.9 Å². The van der Waals surface area contributed by atoms with Gasteiger partial charge in [0.05, 0.1) is 13.2 Å². The number of allylic oxidation sites excluding steroid dienone is 2. The van der Waals surface area contributed by atoms with E-state index in [0.717, 1.165) is 22.4 Å². The van der Waals surface area contributed by atoms with Crippen LogP contribution in [-0.4, -0.2) is 46.8 Å². The van der Waals surface area contributed by atoms with Gasteiger partial charge in [-0.25, -0.2) is 4.79 Å². The summed E-state index contributed by atoms with van der Waals surface area (Å²) in [5.41, 5.74) is 8.14. The molecule has 0 fully saturated rings. The van der Waals surface area contributed by atoms with Gasteiger partial charge in [0.25, 0.3) is 0 Å². The second kappa shape index (κ2) is 16.7. The Hall–Kier alpha value is -3.45. The minimum absolute atomic E-state index is 0.214. The van der Waals surface area contributed by atoms with Crippen LogP contribution in [0.2, 0.25) is 18.1 Å². The van der Waals surface area contributed by atoms with Crippen LogP contribution in [-0.2, 0) is 25.1 Å². The van der Waals surface area contributed by atoms with Crippen LogP contribution in [0.1, 0.15) is 65.2 Å². The van der Waals surface area contributed by atoms with Gasteiger partial charge in [0.2, 0.25) is 0 Å². The van der Waals surface area contributed by atoms with E-state index in [-0.39, 0.29) is 11.0 Å². The number of hydrogen-bond donors (Lipinski definition) is 0. The summed E-state index contributed by atoms with van der Waals surface area (Å²) in [4.78, 5) is 12.1. The Morgan fingerprint density at radius 1 is 0.756 bits per heavy atom. The van der Waals surface area contributed by atoms with Gasteiger partial charge >= 0.3 is 5.97 Å². The lowest BCUT2D eigenvalue weighted by Gasteiger charge is -2.35. The fourth-order valence-corrected chi connectivity index (χ4v) is 5.46. The number of rotatable bonds is 15. The molecule has 3 rings (SSSR count). The first-order chi connectivity index (χ1) is 21.3. The van der Waals surface area contributed by atoms with Gasteiger partial charge in [0.1, 0.15) is 12.4 Å². The molecule has 6 heteroatoms. The van der Waals surface area contributed by atoms with E-state index in [1.54, 1.807) is 6.92 Å². The van der Waals surface area contributed by atoms with Gasteiger partial charge in [-0.1, -0.05) is 87.5 Å². The lowest BCUT2D eigenvalue weighted by atomic mass is 9.98. The zero-order valence-corrected chi connectivity index (χ0v) is 29.7. The van der Waals surface area contributed by atoms with Crippen molar-refractivity contribution in [3.05, 3.63) is 102 Å². The van der Waals surface area contributed by atoms with Crippen molar-refractivity contribution in [2.45, 2.75) is 79.1 Å². The smallest absolute Gasteiger partial charge is 0.335 e. The van der Waals surface area contributed by atoms with Crippen LogP contribution in [0.15, 0.2) is 84.9 Å². The molecule has 0 saturated carbocycles. The lowest BCUT2D eigenvalue weighted by Crippen LogP contribution is -2.40. The van der Waals surface area contributed by atoms with Crippen molar-refractivity contribution >= 4 is 25.4 Å². The highest BCUT2D eigenvalue weighted by Crippen LogP contribution is 2.36. The van der Waals surface area contributed by atoms with Crippen molar-refractivity contribution in [1.82, 2.24) is 0 Å². The predicted octanol–water partition coefficient (Wildman–Crippen LogP) is 9.77. The number of esters is 1. The number of carbonyl (C=O) groups excluding carboxylic acids is 1. The molecule has 45 heavy (non-hydrogen) atoms. The highest BCUT2D eigenvalue weighted by atomic mass is 28.4. The second-order valence-corrected chi connectivity index (χ2v) is 17.7. The highest BCUT2D eigenvalue weighted by Gasteiger charge is 2.36. The summed E-state index contributed by atoms with van der Waals surface area (Å²) in [6.45, 7) is 21.2. The molecule has 5 nitrogen and oxygen atoms in total. The fourth-order valence-electron chi connectivity index (χ4n) is 4.52. The molecule has 0 aliphatic heterocycles. The molecule has 0 unspecified atom stereocenters. The molecule has 0 aromatic heterocycles. The lowest BCUT2D eigenvalue weighted by molar-refractivity contribution is -0.156. The Morgan fingerprint density at radius 3 is 1.73 bits per heavy atom. The Kier molecular flexibility index (Phi) is 13.4. The van der Waals surface area contributed by atoms with Crippen LogP contribution >= 0.6 is 0 Å². The maximum atomic E-state index is 12.1. The molecule has 0 saturated heterocycles. The van der Waals surface area contributed by atoms with Gasteiger partial charge in [-0.15, -0.1) is 0 Å². The van der Waals surface area contributed by atoms with Gasteiger partial charge in [-0.05, 0) is 103 Å². The summed E-state index contributed by atoms with van der Waals surface area (Å²) in [7, 11) is -1.75. The zero-order valence-electron chi connectivity index (χ0n) is 28.7. The summed E-state index contributed by atoms with van der Waals surface area (Å²) in [5.74, 6) is 0.451. The average Bonchev–Trinajstić information content (AvgIpc) is 3.01. The standard InChI is InChI=1S/C39H52O5Si/c1-10-41-37(38(40)42-11-2)28-31-12-22-36(23-13-31)43-26-24-29(3)32-14-18-34(19-15-32)35-20-16-33(17-21-35)30(4)25-27-44-45(8,9)39(5,6)7/h12-25,37H,10-11,26-28H2,1-9H3/b29-24+,30-25+/t37-/m0/s1. The predicted molar refractivity (Wildman–Crippen MR) is 190 cm³/mol. The van der Waals surface area contributed by atoms with Crippen LogP contribution in [0.4, 0.5) is 0 Å². The average molecular weight is 629 g/mol. The van der Waals surface area contributed by atoms with Gasteiger partial charge < -0.3 is 18.6 Å². The van der Waals surface area contributed by atoms with Crippen molar-refractivity contribution in [2.75, 3.05) is 26.4 Å². The molecule has 1 atom stereocenters. The molecule has 0 aliphatic rings. The van der Waals surface area contributed by atoms with Crippen molar-refractivity contribution in [1.29, 1.82) is 0 Å². The number of ether oxygens (including phenoxy) is 3. The molecule has 242 valence electrons. The molecule has 0 heterocycles. The topological polar surface area (TPSA) is 54.0 Å².